The van der Waals surface area contributed by atoms with E-state index in [1.165, 1.54) is 0 Å². The van der Waals surface area contributed by atoms with Gasteiger partial charge in [-0.15, -0.1) is 0 Å². The fourth-order valence-electron chi connectivity index (χ4n) is 4.33. The predicted octanol–water partition coefficient (Wildman–Crippen LogP) is 1.79. The summed E-state index contributed by atoms with van der Waals surface area (Å²) >= 11 is 6.52. The summed E-state index contributed by atoms with van der Waals surface area (Å²) in [7, 11) is 0. The maximum absolute atomic E-state index is 13.2. The standard InChI is InChI=1S/C23H32ClN5O3/c1-22(2)15-31-14-17(32-22)12-27-20-6-3-8-23(28-20,18-7-10-26-13-19(18)24)29-21(30)16-5-4-9-25-11-16/h3,6-8,10,13,16-17,25,27-28H,4-5,9,11-12,14-15H2,1-2H3,(H,29,30)/t16-,17-,23?/m1/s1. The van der Waals surface area contributed by atoms with Gasteiger partial charge in [0.15, 0.2) is 5.66 Å². The Morgan fingerprint density at radius 1 is 1.41 bits per heavy atom. The van der Waals surface area contributed by atoms with E-state index in [0.717, 1.165) is 30.8 Å². The molecule has 0 saturated carbocycles. The molecule has 3 atom stereocenters. The Bertz CT molecular complexity index is 884. The molecule has 4 rings (SSSR count). The Kier molecular flexibility index (Phi) is 7.05. The first-order valence-corrected chi connectivity index (χ1v) is 11.5. The van der Waals surface area contributed by atoms with Gasteiger partial charge in [-0.05, 0) is 51.5 Å². The lowest BCUT2D eigenvalue weighted by atomic mass is 9.93. The molecule has 0 aromatic carbocycles. The molecule has 174 valence electrons. The minimum absolute atomic E-state index is 0.0192. The molecule has 1 aromatic rings. The van der Waals surface area contributed by atoms with Gasteiger partial charge in [0.05, 0.1) is 35.9 Å². The zero-order valence-electron chi connectivity index (χ0n) is 18.6. The quantitative estimate of drug-likeness (QED) is 0.513. The third-order valence-corrected chi connectivity index (χ3v) is 6.19. The number of aromatic nitrogens is 1. The summed E-state index contributed by atoms with van der Waals surface area (Å²) in [6, 6.07) is 1.82. The largest absolute Gasteiger partial charge is 0.376 e. The van der Waals surface area contributed by atoms with Crippen LogP contribution < -0.4 is 21.3 Å². The van der Waals surface area contributed by atoms with Crippen molar-refractivity contribution in [3.63, 3.8) is 0 Å². The lowest BCUT2D eigenvalue weighted by Crippen LogP contribution is -2.59. The number of piperidine rings is 1. The maximum atomic E-state index is 13.2. The van der Waals surface area contributed by atoms with Gasteiger partial charge in [0.1, 0.15) is 5.82 Å². The minimum Gasteiger partial charge on any atom is -0.376 e. The molecule has 3 aliphatic heterocycles. The molecule has 2 saturated heterocycles. The molecule has 8 nitrogen and oxygen atoms in total. The summed E-state index contributed by atoms with van der Waals surface area (Å²) in [4.78, 5) is 17.3. The number of carbonyl (C=O) groups is 1. The van der Waals surface area contributed by atoms with Crippen molar-refractivity contribution in [2.45, 2.75) is 44.1 Å². The SMILES string of the molecule is CC1(C)COC[C@@H](CNC2=CC=CC(NC(=O)[C@@H]3CCCNC3)(c3ccncc3Cl)N2)O1. The van der Waals surface area contributed by atoms with E-state index in [0.29, 0.717) is 31.3 Å². The second-order valence-corrected chi connectivity index (χ2v) is 9.56. The number of nitrogens with one attached hydrogen (secondary N) is 4. The topological polar surface area (TPSA) is 96.5 Å². The van der Waals surface area contributed by atoms with Gasteiger partial charge < -0.3 is 30.7 Å². The number of carbonyl (C=O) groups excluding carboxylic acids is 1. The van der Waals surface area contributed by atoms with Crippen molar-refractivity contribution in [3.05, 3.63) is 53.1 Å². The Labute approximate surface area is 194 Å². The summed E-state index contributed by atoms with van der Waals surface area (Å²) in [6.45, 7) is 7.34. The molecule has 9 heteroatoms. The van der Waals surface area contributed by atoms with Crippen LogP contribution in [0.2, 0.25) is 5.02 Å². The summed E-state index contributed by atoms with van der Waals surface area (Å²) < 4.78 is 11.8. The van der Waals surface area contributed by atoms with Crippen LogP contribution >= 0.6 is 11.6 Å². The Hall–Kier alpha value is -2.13. The van der Waals surface area contributed by atoms with Gasteiger partial charge in [0, 0.05) is 31.0 Å². The van der Waals surface area contributed by atoms with Crippen molar-refractivity contribution in [2.24, 2.45) is 5.92 Å². The fraction of sp³-hybridized carbons (Fsp3) is 0.565. The molecule has 0 aliphatic carbocycles. The summed E-state index contributed by atoms with van der Waals surface area (Å²) in [5.74, 6) is 0.650. The molecule has 0 spiro atoms. The minimum atomic E-state index is -0.991. The number of hydrogen-bond acceptors (Lipinski definition) is 7. The maximum Gasteiger partial charge on any atom is 0.226 e. The van der Waals surface area contributed by atoms with Gasteiger partial charge in [-0.25, -0.2) is 0 Å². The third kappa shape index (κ3) is 5.43. The van der Waals surface area contributed by atoms with Crippen LogP contribution in [0.25, 0.3) is 0 Å². The molecule has 1 amide bonds. The Morgan fingerprint density at radius 2 is 2.28 bits per heavy atom. The van der Waals surface area contributed by atoms with E-state index in [-0.39, 0.29) is 23.5 Å². The van der Waals surface area contributed by atoms with Gasteiger partial charge in [-0.3, -0.25) is 9.78 Å². The van der Waals surface area contributed by atoms with Crippen molar-refractivity contribution in [1.82, 2.24) is 26.3 Å². The lowest BCUT2D eigenvalue weighted by Gasteiger charge is -2.40. The van der Waals surface area contributed by atoms with E-state index >= 15 is 0 Å². The number of allylic oxidation sites excluding steroid dienone is 2. The molecule has 1 unspecified atom stereocenters. The first kappa shape index (κ1) is 23.0. The normalized spacial score (nSPS) is 29.5. The second kappa shape index (κ2) is 9.79. The lowest BCUT2D eigenvalue weighted by molar-refractivity contribution is -0.179. The number of amides is 1. The molecule has 4 N–H and O–H groups in total. The number of hydrogen-bond donors (Lipinski definition) is 4. The van der Waals surface area contributed by atoms with E-state index < -0.39 is 5.66 Å². The van der Waals surface area contributed by atoms with Crippen molar-refractivity contribution < 1.29 is 14.3 Å². The van der Waals surface area contributed by atoms with Crippen LogP contribution in [0.15, 0.2) is 42.5 Å². The zero-order valence-corrected chi connectivity index (χ0v) is 19.4. The average Bonchev–Trinajstić information content (AvgIpc) is 2.78. The molecule has 1 aromatic heterocycles. The van der Waals surface area contributed by atoms with Crippen LogP contribution in [0.3, 0.4) is 0 Å². The number of ether oxygens (including phenoxy) is 2. The van der Waals surface area contributed by atoms with E-state index in [1.54, 1.807) is 12.4 Å². The summed E-state index contributed by atoms with van der Waals surface area (Å²) in [6.07, 6.45) is 10.8. The van der Waals surface area contributed by atoms with Gasteiger partial charge >= 0.3 is 0 Å². The fourth-order valence-corrected chi connectivity index (χ4v) is 4.60. The van der Waals surface area contributed by atoms with Crippen LogP contribution in [0.5, 0.6) is 0 Å². The Balaban J connectivity index is 1.50. The highest BCUT2D eigenvalue weighted by Crippen LogP contribution is 2.30. The third-order valence-electron chi connectivity index (χ3n) is 5.89. The van der Waals surface area contributed by atoms with Crippen LogP contribution in [0, 0.1) is 5.92 Å². The van der Waals surface area contributed by atoms with E-state index in [2.05, 4.69) is 26.3 Å². The van der Waals surface area contributed by atoms with Crippen LogP contribution in [-0.2, 0) is 19.9 Å². The molecular weight excluding hydrogens is 430 g/mol. The van der Waals surface area contributed by atoms with Crippen molar-refractivity contribution >= 4 is 17.5 Å². The number of pyridine rings is 1. The average molecular weight is 462 g/mol. The van der Waals surface area contributed by atoms with Gasteiger partial charge in [0.2, 0.25) is 5.91 Å². The van der Waals surface area contributed by atoms with Gasteiger partial charge in [0.25, 0.3) is 0 Å². The highest BCUT2D eigenvalue weighted by Gasteiger charge is 2.38. The summed E-state index contributed by atoms with van der Waals surface area (Å²) in [5, 5.41) is 13.8. The number of rotatable bonds is 6. The van der Waals surface area contributed by atoms with Crippen LogP contribution in [0.1, 0.15) is 32.3 Å². The second-order valence-electron chi connectivity index (χ2n) is 9.16. The molecule has 32 heavy (non-hydrogen) atoms. The van der Waals surface area contributed by atoms with Gasteiger partial charge in [-0.2, -0.15) is 0 Å². The first-order chi connectivity index (χ1) is 15.4. The molecule has 3 aliphatic rings. The Morgan fingerprint density at radius 3 is 3.03 bits per heavy atom. The van der Waals surface area contributed by atoms with Crippen LogP contribution in [-0.4, -0.2) is 55.4 Å². The molecular formula is C23H32ClN5O3. The van der Waals surface area contributed by atoms with Crippen LogP contribution in [0.4, 0.5) is 0 Å². The smallest absolute Gasteiger partial charge is 0.226 e. The molecule has 2 fully saturated rings. The predicted molar refractivity (Wildman–Crippen MR) is 123 cm³/mol. The number of dihydropyridines is 1. The highest BCUT2D eigenvalue weighted by atomic mass is 35.5. The van der Waals surface area contributed by atoms with Crippen molar-refractivity contribution in [2.75, 3.05) is 32.8 Å². The van der Waals surface area contributed by atoms with E-state index in [4.69, 9.17) is 21.1 Å². The van der Waals surface area contributed by atoms with E-state index in [9.17, 15) is 4.79 Å². The zero-order chi connectivity index (χ0) is 22.6. The first-order valence-electron chi connectivity index (χ1n) is 11.2. The highest BCUT2D eigenvalue weighted by molar-refractivity contribution is 6.31. The molecule has 4 heterocycles. The monoisotopic (exact) mass is 461 g/mol. The molecule has 0 bridgehead atoms. The molecule has 0 radical (unpaired) electrons. The number of halogens is 1. The van der Waals surface area contributed by atoms with Gasteiger partial charge in [-0.1, -0.05) is 17.7 Å². The van der Waals surface area contributed by atoms with Crippen molar-refractivity contribution in [1.29, 1.82) is 0 Å². The summed E-state index contributed by atoms with van der Waals surface area (Å²) in [5.41, 5.74) is -0.572. The van der Waals surface area contributed by atoms with E-state index in [1.807, 2.05) is 38.1 Å². The number of nitrogens with zero attached hydrogens (tertiary/aromatic N) is 1. The van der Waals surface area contributed by atoms with Crippen molar-refractivity contribution in [3.8, 4) is 0 Å².